The molecule has 1 aromatic carbocycles. The predicted octanol–water partition coefficient (Wildman–Crippen LogP) is 2.57. The van der Waals surface area contributed by atoms with Crippen LogP contribution < -0.4 is 5.56 Å². The Balaban J connectivity index is 1.71. The lowest BCUT2D eigenvalue weighted by atomic mass is 10.1. The lowest BCUT2D eigenvalue weighted by Crippen LogP contribution is -2.16. The monoisotopic (exact) mass is 344 g/mol. The van der Waals surface area contributed by atoms with Crippen molar-refractivity contribution in [3.63, 3.8) is 0 Å². The zero-order valence-corrected chi connectivity index (χ0v) is 14.1. The highest BCUT2D eigenvalue weighted by molar-refractivity contribution is 7.15. The van der Waals surface area contributed by atoms with Gasteiger partial charge in [-0.15, -0.1) is 11.3 Å². The van der Waals surface area contributed by atoms with E-state index in [2.05, 4.69) is 4.98 Å². The van der Waals surface area contributed by atoms with Gasteiger partial charge in [0.1, 0.15) is 6.61 Å². The summed E-state index contributed by atoms with van der Waals surface area (Å²) in [7, 11) is 1.61. The molecule has 0 unspecified atom stereocenters. The number of ether oxygens (including phenoxy) is 2. The molecule has 0 saturated carbocycles. The summed E-state index contributed by atoms with van der Waals surface area (Å²) in [6.07, 6.45) is 0. The molecule has 0 bridgehead atoms. The molecule has 0 fully saturated rings. The fourth-order valence-corrected chi connectivity index (χ4v) is 3.19. The lowest BCUT2D eigenvalue weighted by molar-refractivity contribution is 0.0467. The maximum Gasteiger partial charge on any atom is 0.338 e. The van der Waals surface area contributed by atoms with Crippen LogP contribution >= 0.6 is 11.3 Å². The number of aryl methyl sites for hydroxylation is 1. The predicted molar refractivity (Wildman–Crippen MR) is 90.4 cm³/mol. The second-order valence-electron chi connectivity index (χ2n) is 5.29. The highest BCUT2D eigenvalue weighted by Crippen LogP contribution is 2.12. The number of carbonyl (C=O) groups is 1. The molecule has 0 amide bonds. The van der Waals surface area contributed by atoms with E-state index in [0.29, 0.717) is 22.8 Å². The highest BCUT2D eigenvalue weighted by atomic mass is 32.1. The van der Waals surface area contributed by atoms with E-state index in [9.17, 15) is 9.59 Å². The number of fused-ring (bicyclic) bond motifs is 1. The summed E-state index contributed by atoms with van der Waals surface area (Å²) in [5.41, 5.74) is 2.52. The van der Waals surface area contributed by atoms with E-state index in [4.69, 9.17) is 9.47 Å². The number of carbonyl (C=O) groups excluding carboxylic acids is 1. The zero-order chi connectivity index (χ0) is 17.1. The smallest absolute Gasteiger partial charge is 0.338 e. The first-order valence-corrected chi connectivity index (χ1v) is 8.18. The van der Waals surface area contributed by atoms with Gasteiger partial charge in [-0.3, -0.25) is 9.20 Å². The van der Waals surface area contributed by atoms with E-state index >= 15 is 0 Å². The molecule has 24 heavy (non-hydrogen) atoms. The maximum atomic E-state index is 12.1. The summed E-state index contributed by atoms with van der Waals surface area (Å²) in [5, 5.41) is 1.86. The second kappa shape index (κ2) is 6.94. The number of thiazole rings is 1. The van der Waals surface area contributed by atoms with Crippen molar-refractivity contribution < 1.29 is 14.3 Å². The Hall–Kier alpha value is -2.51. The number of benzene rings is 1. The van der Waals surface area contributed by atoms with Crippen molar-refractivity contribution in [2.24, 2.45) is 0 Å². The van der Waals surface area contributed by atoms with Crippen LogP contribution in [-0.2, 0) is 22.7 Å². The average Bonchev–Trinajstić information content (AvgIpc) is 2.95. The summed E-state index contributed by atoms with van der Waals surface area (Å²) in [6, 6.07) is 8.38. The third-order valence-electron chi connectivity index (χ3n) is 3.48. The molecule has 3 rings (SSSR count). The molecule has 0 atom stereocenters. The Morgan fingerprint density at radius 2 is 2.00 bits per heavy atom. The summed E-state index contributed by atoms with van der Waals surface area (Å²) in [4.78, 5) is 29.1. The number of aromatic nitrogens is 2. The van der Waals surface area contributed by atoms with Crippen LogP contribution in [0.1, 0.15) is 27.3 Å². The van der Waals surface area contributed by atoms with Gasteiger partial charge in [0.2, 0.25) is 0 Å². The van der Waals surface area contributed by atoms with E-state index in [0.717, 1.165) is 11.3 Å². The Morgan fingerprint density at radius 1 is 1.25 bits per heavy atom. The van der Waals surface area contributed by atoms with Gasteiger partial charge in [-0.05, 0) is 24.6 Å². The van der Waals surface area contributed by atoms with Gasteiger partial charge < -0.3 is 9.47 Å². The molecule has 0 saturated heterocycles. The van der Waals surface area contributed by atoms with E-state index in [-0.39, 0.29) is 12.2 Å². The van der Waals surface area contributed by atoms with Gasteiger partial charge in [0.05, 0.1) is 17.9 Å². The van der Waals surface area contributed by atoms with Gasteiger partial charge in [-0.25, -0.2) is 9.78 Å². The number of hydrogen-bond donors (Lipinski definition) is 0. The van der Waals surface area contributed by atoms with E-state index in [1.807, 2.05) is 24.4 Å². The Bertz CT molecular complexity index is 928. The number of nitrogens with zero attached hydrogens (tertiary/aromatic N) is 2. The first-order chi connectivity index (χ1) is 11.6. The first kappa shape index (κ1) is 16.4. The van der Waals surface area contributed by atoms with Crippen molar-refractivity contribution in [2.75, 3.05) is 7.11 Å². The van der Waals surface area contributed by atoms with Gasteiger partial charge in [-0.1, -0.05) is 12.1 Å². The molecule has 0 aliphatic heterocycles. The summed E-state index contributed by atoms with van der Waals surface area (Å²) < 4.78 is 11.8. The molecule has 2 heterocycles. The third-order valence-corrected chi connectivity index (χ3v) is 4.42. The Morgan fingerprint density at radius 3 is 2.71 bits per heavy atom. The largest absolute Gasteiger partial charge is 0.456 e. The lowest BCUT2D eigenvalue weighted by Gasteiger charge is -2.06. The molecule has 6 nitrogen and oxygen atoms in total. The van der Waals surface area contributed by atoms with Crippen molar-refractivity contribution in [1.82, 2.24) is 9.38 Å². The van der Waals surface area contributed by atoms with Crippen LogP contribution in [0.25, 0.3) is 4.96 Å². The number of hydrogen-bond acceptors (Lipinski definition) is 6. The van der Waals surface area contributed by atoms with E-state index < -0.39 is 5.97 Å². The van der Waals surface area contributed by atoms with Crippen LogP contribution in [0.2, 0.25) is 0 Å². The van der Waals surface area contributed by atoms with Gasteiger partial charge in [-0.2, -0.15) is 0 Å². The summed E-state index contributed by atoms with van der Waals surface area (Å²) in [6.45, 7) is 2.30. The molecule has 0 spiro atoms. The van der Waals surface area contributed by atoms with Crippen LogP contribution in [0.4, 0.5) is 0 Å². The standard InChI is InChI=1S/C17H16N2O4S/c1-11-10-24-17-18-14(7-15(20)19(11)17)9-23-16(21)13-5-3-12(4-6-13)8-22-2/h3-7,10H,8-9H2,1-2H3. The van der Waals surface area contributed by atoms with E-state index in [1.54, 1.807) is 19.2 Å². The molecule has 3 aromatic rings. The molecule has 0 aliphatic carbocycles. The molecular formula is C17H16N2O4S. The average molecular weight is 344 g/mol. The van der Waals surface area contributed by atoms with Crippen LogP contribution in [0.15, 0.2) is 40.5 Å². The molecule has 2 aromatic heterocycles. The molecule has 0 N–H and O–H groups in total. The van der Waals surface area contributed by atoms with Crippen LogP contribution in [0.3, 0.4) is 0 Å². The minimum atomic E-state index is -0.455. The molecule has 124 valence electrons. The van der Waals surface area contributed by atoms with Crippen molar-refractivity contribution in [3.05, 3.63) is 68.6 Å². The van der Waals surface area contributed by atoms with Gasteiger partial charge >= 0.3 is 5.97 Å². The number of rotatable bonds is 5. The zero-order valence-electron chi connectivity index (χ0n) is 13.3. The molecular weight excluding hydrogens is 328 g/mol. The molecule has 0 radical (unpaired) electrons. The highest BCUT2D eigenvalue weighted by Gasteiger charge is 2.10. The summed E-state index contributed by atoms with van der Waals surface area (Å²) >= 11 is 1.38. The number of esters is 1. The normalized spacial score (nSPS) is 10.9. The quantitative estimate of drug-likeness (QED) is 0.665. The van der Waals surface area contributed by atoms with Crippen LogP contribution in [-0.4, -0.2) is 22.5 Å². The van der Waals surface area contributed by atoms with Gasteiger partial charge in [0, 0.05) is 24.3 Å². The fourth-order valence-electron chi connectivity index (χ4n) is 2.30. The Labute approximate surface area is 142 Å². The third kappa shape index (κ3) is 3.37. The summed E-state index contributed by atoms with van der Waals surface area (Å²) in [5.74, 6) is -0.455. The van der Waals surface area contributed by atoms with Gasteiger partial charge in [0.15, 0.2) is 4.96 Å². The van der Waals surface area contributed by atoms with Crippen LogP contribution in [0.5, 0.6) is 0 Å². The van der Waals surface area contributed by atoms with Crippen molar-refractivity contribution >= 4 is 22.3 Å². The number of methoxy groups -OCH3 is 1. The minimum Gasteiger partial charge on any atom is -0.456 e. The molecule has 7 heteroatoms. The fraction of sp³-hybridized carbons (Fsp3) is 0.235. The second-order valence-corrected chi connectivity index (χ2v) is 6.12. The maximum absolute atomic E-state index is 12.1. The van der Waals surface area contributed by atoms with Crippen molar-refractivity contribution in [2.45, 2.75) is 20.1 Å². The SMILES string of the molecule is COCc1ccc(C(=O)OCc2cc(=O)n3c(C)csc3n2)cc1. The van der Waals surface area contributed by atoms with Crippen molar-refractivity contribution in [1.29, 1.82) is 0 Å². The Kier molecular flexibility index (Phi) is 4.73. The molecule has 0 aliphatic rings. The van der Waals surface area contributed by atoms with E-state index in [1.165, 1.54) is 21.8 Å². The van der Waals surface area contributed by atoms with Crippen LogP contribution in [0, 0.1) is 6.92 Å². The minimum absolute atomic E-state index is 0.0403. The van der Waals surface area contributed by atoms with Crippen molar-refractivity contribution in [3.8, 4) is 0 Å². The van der Waals surface area contributed by atoms with Gasteiger partial charge in [0.25, 0.3) is 5.56 Å². The topological polar surface area (TPSA) is 69.9 Å². The first-order valence-electron chi connectivity index (χ1n) is 7.30.